The van der Waals surface area contributed by atoms with E-state index in [9.17, 15) is 4.79 Å². The Hall–Kier alpha value is -0.520. The number of rotatable bonds is 6. The molecule has 106 valence electrons. The van der Waals surface area contributed by atoms with E-state index >= 15 is 0 Å². The standard InChI is InChI=1S/C14H20BrNO2S/c1-4-18-8-12(9(2)3)16-14(17)11-6-5-10(15)7-13(11)19/h5-7,9,12,19H,4,8H2,1-3H3,(H,16,17). The first-order chi connectivity index (χ1) is 8.95. The van der Waals surface area contributed by atoms with Gasteiger partial charge in [-0.25, -0.2) is 0 Å². The zero-order valence-corrected chi connectivity index (χ0v) is 13.9. The molecular weight excluding hydrogens is 326 g/mol. The number of benzene rings is 1. The lowest BCUT2D eigenvalue weighted by atomic mass is 10.0. The van der Waals surface area contributed by atoms with E-state index in [1.54, 1.807) is 6.07 Å². The van der Waals surface area contributed by atoms with Crippen LogP contribution in [0.2, 0.25) is 0 Å². The molecule has 0 saturated heterocycles. The molecule has 1 aromatic rings. The number of hydrogen-bond acceptors (Lipinski definition) is 3. The summed E-state index contributed by atoms with van der Waals surface area (Å²) in [6, 6.07) is 5.41. The van der Waals surface area contributed by atoms with Gasteiger partial charge in [-0.15, -0.1) is 12.6 Å². The molecular formula is C14H20BrNO2S. The number of amides is 1. The molecule has 1 N–H and O–H groups in total. The van der Waals surface area contributed by atoms with Gasteiger partial charge >= 0.3 is 0 Å². The molecule has 0 spiro atoms. The summed E-state index contributed by atoms with van der Waals surface area (Å²) in [6.45, 7) is 7.24. The van der Waals surface area contributed by atoms with Gasteiger partial charge in [0.15, 0.2) is 0 Å². The minimum absolute atomic E-state index is 0.00355. The third-order valence-electron chi connectivity index (χ3n) is 2.83. The highest BCUT2D eigenvalue weighted by Gasteiger charge is 2.18. The van der Waals surface area contributed by atoms with E-state index in [1.807, 2.05) is 19.1 Å². The predicted octanol–water partition coefficient (Wildman–Crippen LogP) is 3.53. The van der Waals surface area contributed by atoms with Crippen LogP contribution in [0.5, 0.6) is 0 Å². The van der Waals surface area contributed by atoms with Gasteiger partial charge in [-0.1, -0.05) is 29.8 Å². The number of carbonyl (C=O) groups is 1. The summed E-state index contributed by atoms with van der Waals surface area (Å²) < 4.78 is 6.31. The SMILES string of the molecule is CCOCC(NC(=O)c1ccc(Br)cc1S)C(C)C. The molecule has 3 nitrogen and oxygen atoms in total. The lowest BCUT2D eigenvalue weighted by Gasteiger charge is -2.22. The lowest BCUT2D eigenvalue weighted by Crippen LogP contribution is -2.42. The second kappa shape index (κ2) is 7.92. The van der Waals surface area contributed by atoms with E-state index in [1.165, 1.54) is 0 Å². The van der Waals surface area contributed by atoms with Crippen LogP contribution in [0.4, 0.5) is 0 Å². The second-order valence-corrected chi connectivity index (χ2v) is 6.04. The third kappa shape index (κ3) is 5.16. The summed E-state index contributed by atoms with van der Waals surface area (Å²) in [4.78, 5) is 12.9. The topological polar surface area (TPSA) is 38.3 Å². The van der Waals surface area contributed by atoms with Gasteiger partial charge in [-0.3, -0.25) is 4.79 Å². The van der Waals surface area contributed by atoms with Crippen molar-refractivity contribution in [3.63, 3.8) is 0 Å². The Bertz CT molecular complexity index is 437. The van der Waals surface area contributed by atoms with Crippen molar-refractivity contribution in [3.05, 3.63) is 28.2 Å². The van der Waals surface area contributed by atoms with Gasteiger partial charge in [-0.2, -0.15) is 0 Å². The molecule has 0 bridgehead atoms. The van der Waals surface area contributed by atoms with E-state index in [-0.39, 0.29) is 11.9 Å². The molecule has 0 aliphatic carbocycles. The number of ether oxygens (including phenoxy) is 1. The molecule has 19 heavy (non-hydrogen) atoms. The largest absolute Gasteiger partial charge is 0.380 e. The fourth-order valence-corrected chi connectivity index (χ4v) is 2.44. The number of halogens is 1. The number of thiol groups is 1. The maximum atomic E-state index is 12.2. The van der Waals surface area contributed by atoms with Gasteiger partial charge in [0, 0.05) is 16.0 Å². The summed E-state index contributed by atoms with van der Waals surface area (Å²) >= 11 is 7.68. The maximum absolute atomic E-state index is 12.2. The van der Waals surface area contributed by atoms with E-state index in [0.717, 1.165) is 4.47 Å². The Balaban J connectivity index is 2.76. The highest BCUT2D eigenvalue weighted by atomic mass is 79.9. The van der Waals surface area contributed by atoms with Crippen LogP contribution < -0.4 is 5.32 Å². The van der Waals surface area contributed by atoms with Gasteiger partial charge in [0.1, 0.15) is 0 Å². The first kappa shape index (κ1) is 16.5. The summed E-state index contributed by atoms with van der Waals surface area (Å²) in [5.74, 6) is 0.199. The fourth-order valence-electron chi connectivity index (χ4n) is 1.59. The monoisotopic (exact) mass is 345 g/mol. The summed E-state index contributed by atoms with van der Waals surface area (Å²) in [5.41, 5.74) is 0.577. The molecule has 0 heterocycles. The van der Waals surface area contributed by atoms with Crippen molar-refractivity contribution < 1.29 is 9.53 Å². The van der Waals surface area contributed by atoms with Crippen molar-refractivity contribution in [2.75, 3.05) is 13.2 Å². The smallest absolute Gasteiger partial charge is 0.252 e. The average Bonchev–Trinajstić information content (AvgIpc) is 2.33. The van der Waals surface area contributed by atoms with Crippen molar-refractivity contribution in [1.29, 1.82) is 0 Å². The first-order valence-electron chi connectivity index (χ1n) is 6.32. The van der Waals surface area contributed by atoms with E-state index in [0.29, 0.717) is 29.6 Å². The second-order valence-electron chi connectivity index (χ2n) is 4.64. The normalized spacial score (nSPS) is 12.5. The van der Waals surface area contributed by atoms with Gasteiger partial charge in [0.25, 0.3) is 5.91 Å². The van der Waals surface area contributed by atoms with Crippen LogP contribution in [0.25, 0.3) is 0 Å². The first-order valence-corrected chi connectivity index (χ1v) is 7.56. The number of nitrogens with one attached hydrogen (secondary N) is 1. The van der Waals surface area contributed by atoms with Crippen LogP contribution in [0.15, 0.2) is 27.6 Å². The van der Waals surface area contributed by atoms with E-state index in [4.69, 9.17) is 4.74 Å². The minimum atomic E-state index is -0.115. The van der Waals surface area contributed by atoms with Crippen molar-refractivity contribution in [2.45, 2.75) is 31.7 Å². The van der Waals surface area contributed by atoms with Crippen molar-refractivity contribution >= 4 is 34.5 Å². The summed E-state index contributed by atoms with van der Waals surface area (Å²) in [6.07, 6.45) is 0. The zero-order chi connectivity index (χ0) is 14.4. The Kier molecular flexibility index (Phi) is 6.89. The van der Waals surface area contributed by atoms with E-state index in [2.05, 4.69) is 47.7 Å². The Morgan fingerprint density at radius 3 is 2.68 bits per heavy atom. The summed E-state index contributed by atoms with van der Waals surface area (Å²) in [7, 11) is 0. The van der Waals surface area contributed by atoms with Crippen LogP contribution >= 0.6 is 28.6 Å². The molecule has 1 unspecified atom stereocenters. The maximum Gasteiger partial charge on any atom is 0.252 e. The van der Waals surface area contributed by atoms with Crippen LogP contribution in [0.3, 0.4) is 0 Å². The average molecular weight is 346 g/mol. The summed E-state index contributed by atoms with van der Waals surface area (Å²) in [5, 5.41) is 3.00. The van der Waals surface area contributed by atoms with Gasteiger partial charge < -0.3 is 10.1 Å². The van der Waals surface area contributed by atoms with Crippen LogP contribution in [-0.4, -0.2) is 25.2 Å². The minimum Gasteiger partial charge on any atom is -0.380 e. The molecule has 1 rings (SSSR count). The lowest BCUT2D eigenvalue weighted by molar-refractivity contribution is 0.0804. The van der Waals surface area contributed by atoms with Gasteiger partial charge in [0.05, 0.1) is 18.2 Å². The molecule has 0 saturated carbocycles. The quantitative estimate of drug-likeness (QED) is 0.774. The van der Waals surface area contributed by atoms with Crippen molar-refractivity contribution in [3.8, 4) is 0 Å². The molecule has 5 heteroatoms. The number of hydrogen-bond donors (Lipinski definition) is 2. The van der Waals surface area contributed by atoms with Gasteiger partial charge in [0.2, 0.25) is 0 Å². The number of carbonyl (C=O) groups excluding carboxylic acids is 1. The molecule has 0 fully saturated rings. The molecule has 1 atom stereocenters. The molecule has 0 aromatic heterocycles. The molecule has 1 aromatic carbocycles. The molecule has 0 radical (unpaired) electrons. The van der Waals surface area contributed by atoms with E-state index < -0.39 is 0 Å². The van der Waals surface area contributed by atoms with Crippen LogP contribution in [0.1, 0.15) is 31.1 Å². The predicted molar refractivity (Wildman–Crippen MR) is 84.0 cm³/mol. The Morgan fingerprint density at radius 2 is 2.16 bits per heavy atom. The van der Waals surface area contributed by atoms with Crippen molar-refractivity contribution in [2.24, 2.45) is 5.92 Å². The molecule has 0 aliphatic heterocycles. The zero-order valence-electron chi connectivity index (χ0n) is 11.4. The highest BCUT2D eigenvalue weighted by Crippen LogP contribution is 2.20. The Labute approximate surface area is 128 Å². The van der Waals surface area contributed by atoms with Crippen molar-refractivity contribution in [1.82, 2.24) is 5.32 Å². The van der Waals surface area contributed by atoms with Crippen LogP contribution in [0, 0.1) is 5.92 Å². The molecule has 1 amide bonds. The molecule has 0 aliphatic rings. The Morgan fingerprint density at radius 1 is 1.47 bits per heavy atom. The fraction of sp³-hybridized carbons (Fsp3) is 0.500. The van der Waals surface area contributed by atoms with Crippen LogP contribution in [-0.2, 0) is 4.74 Å². The third-order valence-corrected chi connectivity index (χ3v) is 3.69. The van der Waals surface area contributed by atoms with Gasteiger partial charge in [-0.05, 0) is 31.0 Å². The highest BCUT2D eigenvalue weighted by molar-refractivity contribution is 9.10.